The summed E-state index contributed by atoms with van der Waals surface area (Å²) in [4.78, 5) is 6.84. The van der Waals surface area contributed by atoms with Crippen molar-refractivity contribution in [1.82, 2.24) is 9.88 Å². The molecular formula is C12H21ClN2S. The molecule has 16 heavy (non-hydrogen) atoms. The van der Waals surface area contributed by atoms with Gasteiger partial charge in [0.2, 0.25) is 0 Å². The van der Waals surface area contributed by atoms with Crippen molar-refractivity contribution in [2.45, 2.75) is 32.6 Å². The van der Waals surface area contributed by atoms with Crippen molar-refractivity contribution >= 4 is 22.9 Å². The second kappa shape index (κ2) is 7.25. The van der Waals surface area contributed by atoms with Crippen LogP contribution in [0.15, 0.2) is 5.38 Å². The molecule has 0 amide bonds. The number of halogens is 1. The number of alkyl halides is 1. The Hall–Kier alpha value is -0.120. The topological polar surface area (TPSA) is 16.1 Å². The van der Waals surface area contributed by atoms with E-state index in [-0.39, 0.29) is 0 Å². The highest BCUT2D eigenvalue weighted by Gasteiger charge is 2.06. The van der Waals surface area contributed by atoms with E-state index < -0.39 is 0 Å². The first kappa shape index (κ1) is 13.9. The van der Waals surface area contributed by atoms with Gasteiger partial charge in [0, 0.05) is 24.9 Å². The number of nitrogens with zero attached hydrogens (tertiary/aromatic N) is 2. The van der Waals surface area contributed by atoms with Crippen LogP contribution in [0, 0.1) is 5.92 Å². The highest BCUT2D eigenvalue weighted by Crippen LogP contribution is 2.12. The molecule has 1 heterocycles. The third kappa shape index (κ3) is 4.81. The monoisotopic (exact) mass is 260 g/mol. The minimum atomic E-state index is 0.527. The second-order valence-electron chi connectivity index (χ2n) is 4.39. The van der Waals surface area contributed by atoms with Gasteiger partial charge in [-0.1, -0.05) is 20.3 Å². The molecule has 0 spiro atoms. The van der Waals surface area contributed by atoms with Gasteiger partial charge >= 0.3 is 0 Å². The Morgan fingerprint density at radius 3 is 2.88 bits per heavy atom. The molecule has 1 aromatic rings. The lowest BCUT2D eigenvalue weighted by Crippen LogP contribution is -2.26. The molecule has 4 heteroatoms. The number of hydrogen-bond acceptors (Lipinski definition) is 3. The van der Waals surface area contributed by atoms with E-state index in [0.29, 0.717) is 5.88 Å². The van der Waals surface area contributed by atoms with E-state index in [4.69, 9.17) is 11.6 Å². The average Bonchev–Trinajstić information content (AvgIpc) is 2.74. The molecule has 1 unspecified atom stereocenters. The highest BCUT2D eigenvalue weighted by atomic mass is 35.5. The Balaban J connectivity index is 2.28. The van der Waals surface area contributed by atoms with E-state index in [0.717, 1.165) is 24.6 Å². The summed E-state index contributed by atoms with van der Waals surface area (Å²) in [5, 5.41) is 3.25. The first-order chi connectivity index (χ1) is 7.65. The largest absolute Gasteiger partial charge is 0.306 e. The molecule has 0 saturated heterocycles. The number of thiazole rings is 1. The molecule has 0 saturated carbocycles. The van der Waals surface area contributed by atoms with Crippen LogP contribution in [-0.4, -0.2) is 30.0 Å². The second-order valence-corrected chi connectivity index (χ2v) is 5.60. The lowest BCUT2D eigenvalue weighted by molar-refractivity contribution is 0.285. The normalized spacial score (nSPS) is 13.3. The van der Waals surface area contributed by atoms with Crippen LogP contribution in [0.4, 0.5) is 0 Å². The maximum atomic E-state index is 5.72. The van der Waals surface area contributed by atoms with Crippen molar-refractivity contribution in [3.05, 3.63) is 16.1 Å². The Bertz CT molecular complexity index is 301. The first-order valence-electron chi connectivity index (χ1n) is 5.83. The average molecular weight is 261 g/mol. The Kier molecular flexibility index (Phi) is 6.32. The predicted octanol–water partition coefficient (Wildman–Crippen LogP) is 3.40. The molecule has 0 fully saturated rings. The molecule has 1 atom stereocenters. The molecule has 0 aromatic carbocycles. The summed E-state index contributed by atoms with van der Waals surface area (Å²) in [7, 11) is 2.18. The van der Waals surface area contributed by atoms with E-state index in [1.165, 1.54) is 18.0 Å². The number of aromatic nitrogens is 1. The fourth-order valence-electron chi connectivity index (χ4n) is 1.56. The van der Waals surface area contributed by atoms with Gasteiger partial charge in [0.1, 0.15) is 0 Å². The van der Waals surface area contributed by atoms with Crippen LogP contribution < -0.4 is 0 Å². The molecule has 0 aliphatic heterocycles. The van der Waals surface area contributed by atoms with Gasteiger partial charge in [-0.3, -0.25) is 0 Å². The fraction of sp³-hybridized carbons (Fsp3) is 0.750. The summed E-state index contributed by atoms with van der Waals surface area (Å²) >= 11 is 7.44. The van der Waals surface area contributed by atoms with Crippen LogP contribution in [0.5, 0.6) is 0 Å². The van der Waals surface area contributed by atoms with Gasteiger partial charge in [0.25, 0.3) is 0 Å². The minimum Gasteiger partial charge on any atom is -0.306 e. The van der Waals surface area contributed by atoms with Gasteiger partial charge in [-0.2, -0.15) is 0 Å². The summed E-state index contributed by atoms with van der Waals surface area (Å²) < 4.78 is 0. The summed E-state index contributed by atoms with van der Waals surface area (Å²) in [5.41, 5.74) is 1.01. The van der Waals surface area contributed by atoms with Gasteiger partial charge in [-0.15, -0.1) is 22.9 Å². The zero-order chi connectivity index (χ0) is 12.0. The maximum Gasteiger partial charge on any atom is 0.0941 e. The van der Waals surface area contributed by atoms with Crippen molar-refractivity contribution in [2.24, 2.45) is 5.92 Å². The molecule has 0 N–H and O–H groups in total. The number of hydrogen-bond donors (Lipinski definition) is 0. The molecule has 0 aliphatic carbocycles. The van der Waals surface area contributed by atoms with E-state index in [1.807, 2.05) is 0 Å². The predicted molar refractivity (Wildman–Crippen MR) is 72.3 cm³/mol. The standard InChI is InChI=1S/C12H21ClN2S/c1-4-10(2)8-15(3)6-5-12-14-11(7-13)9-16-12/h9-10H,4-8H2,1-3H3. The van der Waals surface area contributed by atoms with Crippen LogP contribution in [-0.2, 0) is 12.3 Å². The zero-order valence-corrected chi connectivity index (χ0v) is 11.9. The first-order valence-corrected chi connectivity index (χ1v) is 7.24. The Labute approximate surface area is 108 Å². The van der Waals surface area contributed by atoms with Crippen molar-refractivity contribution in [3.63, 3.8) is 0 Å². The third-order valence-corrected chi connectivity index (χ3v) is 4.00. The zero-order valence-electron chi connectivity index (χ0n) is 10.4. The third-order valence-electron chi connectivity index (χ3n) is 2.76. The molecule has 0 bridgehead atoms. The van der Waals surface area contributed by atoms with Crippen LogP contribution in [0.25, 0.3) is 0 Å². The van der Waals surface area contributed by atoms with Gasteiger partial charge in [0.15, 0.2) is 0 Å². The highest BCUT2D eigenvalue weighted by molar-refractivity contribution is 7.09. The van der Waals surface area contributed by atoms with Crippen LogP contribution >= 0.6 is 22.9 Å². The maximum absolute atomic E-state index is 5.72. The lowest BCUT2D eigenvalue weighted by atomic mass is 10.1. The SMILES string of the molecule is CCC(C)CN(C)CCc1nc(CCl)cs1. The number of rotatable bonds is 7. The molecule has 1 rings (SSSR count). The van der Waals surface area contributed by atoms with Crippen molar-refractivity contribution in [3.8, 4) is 0 Å². The summed E-state index contributed by atoms with van der Waals surface area (Å²) in [6, 6.07) is 0. The summed E-state index contributed by atoms with van der Waals surface area (Å²) in [6.07, 6.45) is 2.28. The molecule has 2 nitrogen and oxygen atoms in total. The number of likely N-dealkylation sites (N-methyl/N-ethyl adjacent to an activating group) is 1. The van der Waals surface area contributed by atoms with E-state index in [1.54, 1.807) is 11.3 Å². The van der Waals surface area contributed by atoms with E-state index >= 15 is 0 Å². The van der Waals surface area contributed by atoms with Crippen molar-refractivity contribution < 1.29 is 0 Å². The molecule has 1 aromatic heterocycles. The Morgan fingerprint density at radius 1 is 1.56 bits per heavy atom. The van der Waals surface area contributed by atoms with Gasteiger partial charge < -0.3 is 4.90 Å². The summed E-state index contributed by atoms with van der Waals surface area (Å²) in [6.45, 7) is 6.79. The fourth-order valence-corrected chi connectivity index (χ4v) is 2.58. The quantitative estimate of drug-likeness (QED) is 0.699. The Morgan fingerprint density at radius 2 is 2.31 bits per heavy atom. The van der Waals surface area contributed by atoms with Gasteiger partial charge in [-0.05, 0) is 13.0 Å². The van der Waals surface area contributed by atoms with Gasteiger partial charge in [-0.25, -0.2) is 4.98 Å². The summed E-state index contributed by atoms with van der Waals surface area (Å²) in [5.74, 6) is 1.30. The van der Waals surface area contributed by atoms with E-state index in [9.17, 15) is 0 Å². The molecule has 0 radical (unpaired) electrons. The van der Waals surface area contributed by atoms with Crippen LogP contribution in [0.3, 0.4) is 0 Å². The van der Waals surface area contributed by atoms with Crippen molar-refractivity contribution in [1.29, 1.82) is 0 Å². The molecular weight excluding hydrogens is 240 g/mol. The molecule has 0 aliphatic rings. The van der Waals surface area contributed by atoms with Gasteiger partial charge in [0.05, 0.1) is 16.6 Å². The van der Waals surface area contributed by atoms with Crippen LogP contribution in [0.2, 0.25) is 0 Å². The smallest absolute Gasteiger partial charge is 0.0941 e. The van der Waals surface area contributed by atoms with Crippen LogP contribution in [0.1, 0.15) is 31.0 Å². The molecule has 92 valence electrons. The van der Waals surface area contributed by atoms with Crippen molar-refractivity contribution in [2.75, 3.05) is 20.1 Å². The van der Waals surface area contributed by atoms with E-state index in [2.05, 4.69) is 36.2 Å². The minimum absolute atomic E-state index is 0.527. The lowest BCUT2D eigenvalue weighted by Gasteiger charge is -2.19.